The molecule has 1 N–H and O–H groups in total. The Hall–Kier alpha value is -0.200. The third-order valence-electron chi connectivity index (χ3n) is 1.36. The van der Waals surface area contributed by atoms with Crippen LogP contribution in [0.2, 0.25) is 0 Å². The summed E-state index contributed by atoms with van der Waals surface area (Å²) in [6.45, 7) is 6.87. The first-order chi connectivity index (χ1) is 8.19. The normalized spacial score (nSPS) is 11.6. The summed E-state index contributed by atoms with van der Waals surface area (Å²) < 4.78 is 38.4. The molecule has 0 unspecified atom stereocenters. The maximum Gasteiger partial charge on any atom is 0.394 e. The first-order valence-electron chi connectivity index (χ1n) is 4.89. The number of phosphoric acid groups is 1. The van der Waals surface area contributed by atoms with Crippen molar-refractivity contribution >= 4 is 15.4 Å². The highest BCUT2D eigenvalue weighted by atomic mass is 31.2. The van der Waals surface area contributed by atoms with E-state index in [0.29, 0.717) is 0 Å². The van der Waals surface area contributed by atoms with Crippen LogP contribution in [0.1, 0.15) is 13.8 Å². The second kappa shape index (κ2) is 9.69. The van der Waals surface area contributed by atoms with Gasteiger partial charge in [0.2, 0.25) is 0 Å². The van der Waals surface area contributed by atoms with Gasteiger partial charge in [-0.3, -0.25) is 9.13 Å². The monoisotopic (exact) mass is 305 g/mol. The van der Waals surface area contributed by atoms with E-state index in [1.165, 1.54) is 0 Å². The van der Waals surface area contributed by atoms with Crippen molar-refractivity contribution < 1.29 is 37.2 Å². The SMILES string of the molecule is C=C(O)P(=O)(OCC)OCC.COP(=O)([O-])OC. The maximum atomic E-state index is 11.3. The number of aliphatic hydroxyl groups excluding tert-OH is 1. The average Bonchev–Trinajstić information content (AvgIpc) is 2.30. The molecule has 0 rings (SSSR count). The highest BCUT2D eigenvalue weighted by molar-refractivity contribution is 7.58. The smallest absolute Gasteiger partial charge is 0.394 e. The van der Waals surface area contributed by atoms with Crippen molar-refractivity contribution in [2.24, 2.45) is 0 Å². The van der Waals surface area contributed by atoms with Crippen molar-refractivity contribution in [3.8, 4) is 0 Å². The van der Waals surface area contributed by atoms with Crippen molar-refractivity contribution in [3.05, 3.63) is 12.1 Å². The van der Waals surface area contributed by atoms with Crippen LogP contribution in [0.3, 0.4) is 0 Å². The molecule has 0 fully saturated rings. The molecule has 0 aromatic rings. The van der Waals surface area contributed by atoms with E-state index in [2.05, 4.69) is 15.6 Å². The van der Waals surface area contributed by atoms with E-state index < -0.39 is 20.9 Å². The first-order valence-corrected chi connectivity index (χ1v) is 7.89. The second-order valence-electron chi connectivity index (χ2n) is 2.56. The van der Waals surface area contributed by atoms with Gasteiger partial charge in [-0.2, -0.15) is 0 Å². The third-order valence-corrected chi connectivity index (χ3v) is 4.08. The van der Waals surface area contributed by atoms with E-state index in [1.54, 1.807) is 13.8 Å². The van der Waals surface area contributed by atoms with Crippen molar-refractivity contribution in [2.75, 3.05) is 27.4 Å². The van der Waals surface area contributed by atoms with E-state index in [9.17, 15) is 14.0 Å². The number of hydrogen-bond donors (Lipinski definition) is 1. The van der Waals surface area contributed by atoms with Gasteiger partial charge in [0.25, 0.3) is 7.82 Å². The molecule has 0 bridgehead atoms. The molecule has 110 valence electrons. The lowest BCUT2D eigenvalue weighted by molar-refractivity contribution is -0.220. The second-order valence-corrected chi connectivity index (χ2v) is 6.21. The van der Waals surface area contributed by atoms with Crippen molar-refractivity contribution in [1.29, 1.82) is 0 Å². The molecular formula is C8H19O8P2-. The van der Waals surface area contributed by atoms with E-state index >= 15 is 0 Å². The largest absolute Gasteiger partial charge is 0.756 e. The Balaban J connectivity index is 0. The van der Waals surface area contributed by atoms with Crippen LogP contribution in [0.15, 0.2) is 12.1 Å². The summed E-state index contributed by atoms with van der Waals surface area (Å²) in [5.74, 6) is 0. The first kappa shape index (κ1) is 20.1. The van der Waals surface area contributed by atoms with Crippen LogP contribution in [-0.4, -0.2) is 32.5 Å². The zero-order valence-electron chi connectivity index (χ0n) is 10.8. The third kappa shape index (κ3) is 8.83. The molecule has 0 aromatic heterocycles. The number of phosphoric ester groups is 1. The van der Waals surface area contributed by atoms with Crippen LogP contribution in [0.5, 0.6) is 0 Å². The van der Waals surface area contributed by atoms with Crippen LogP contribution in [-0.2, 0) is 27.2 Å². The Kier molecular flexibility index (Phi) is 10.8. The van der Waals surface area contributed by atoms with Crippen molar-refractivity contribution in [2.45, 2.75) is 13.8 Å². The predicted molar refractivity (Wildman–Crippen MR) is 64.3 cm³/mol. The number of rotatable bonds is 7. The summed E-state index contributed by atoms with van der Waals surface area (Å²) in [5.41, 5.74) is -0.541. The van der Waals surface area contributed by atoms with Crippen LogP contribution >= 0.6 is 15.4 Å². The fourth-order valence-electron chi connectivity index (χ4n) is 0.601. The molecule has 0 aliphatic rings. The predicted octanol–water partition coefficient (Wildman–Crippen LogP) is 2.03. The van der Waals surface area contributed by atoms with E-state index in [4.69, 9.17) is 14.2 Å². The standard InChI is InChI=1S/C6H13O4P.C2H7O4P/c1-4-9-11(8,6(3)7)10-5-2;1-5-7(3,4)6-2/h7H,3-5H2,1-2H3;1-2H3,(H,3,4)/p-1. The zero-order valence-corrected chi connectivity index (χ0v) is 12.6. The molecule has 8 nitrogen and oxygen atoms in total. The summed E-state index contributed by atoms with van der Waals surface area (Å²) in [4.78, 5) is 9.95. The lowest BCUT2D eigenvalue weighted by Crippen LogP contribution is -2.02. The Morgan fingerprint density at radius 1 is 1.17 bits per heavy atom. The highest BCUT2D eigenvalue weighted by Crippen LogP contribution is 2.53. The molecule has 10 heteroatoms. The Morgan fingerprint density at radius 2 is 1.50 bits per heavy atom. The van der Waals surface area contributed by atoms with E-state index in [0.717, 1.165) is 14.2 Å². The van der Waals surface area contributed by atoms with Gasteiger partial charge in [0.15, 0.2) is 5.50 Å². The lowest BCUT2D eigenvalue weighted by atomic mass is 10.9. The van der Waals surface area contributed by atoms with E-state index in [1.807, 2.05) is 0 Å². The molecule has 0 atom stereocenters. The number of aliphatic hydroxyl groups is 1. The summed E-state index contributed by atoms with van der Waals surface area (Å²) in [7, 11) is -5.26. The molecular weight excluding hydrogens is 286 g/mol. The lowest BCUT2D eigenvalue weighted by Gasteiger charge is -2.16. The topological polar surface area (TPSA) is 114 Å². The highest BCUT2D eigenvalue weighted by Gasteiger charge is 2.27. The minimum atomic E-state index is -3.90. The van der Waals surface area contributed by atoms with Crippen LogP contribution < -0.4 is 4.89 Å². The fraction of sp³-hybridized carbons (Fsp3) is 0.750. The summed E-state index contributed by atoms with van der Waals surface area (Å²) >= 11 is 0. The number of hydrogen-bond acceptors (Lipinski definition) is 8. The molecule has 18 heavy (non-hydrogen) atoms. The molecule has 0 saturated carbocycles. The Bertz CT molecular complexity index is 311. The van der Waals surface area contributed by atoms with E-state index in [-0.39, 0.29) is 13.2 Å². The summed E-state index contributed by atoms with van der Waals surface area (Å²) in [6, 6.07) is 0. The fourth-order valence-corrected chi connectivity index (χ4v) is 1.80. The molecule has 0 saturated heterocycles. The van der Waals surface area contributed by atoms with Gasteiger partial charge in [-0.25, -0.2) is 0 Å². The van der Waals surface area contributed by atoms with Crippen LogP contribution in [0.4, 0.5) is 0 Å². The van der Waals surface area contributed by atoms with Gasteiger partial charge in [0, 0.05) is 14.2 Å². The molecule has 0 amide bonds. The molecule has 0 aliphatic carbocycles. The quantitative estimate of drug-likeness (QED) is 0.561. The summed E-state index contributed by atoms with van der Waals surface area (Å²) in [5, 5.41) is 8.83. The molecule has 0 heterocycles. The van der Waals surface area contributed by atoms with Crippen LogP contribution in [0, 0.1) is 0 Å². The Morgan fingerprint density at radius 3 is 1.61 bits per heavy atom. The van der Waals surface area contributed by atoms with Gasteiger partial charge in [-0.15, -0.1) is 0 Å². The molecule has 0 spiro atoms. The molecule has 0 radical (unpaired) electrons. The minimum Gasteiger partial charge on any atom is -0.756 e. The Labute approximate surface area is 107 Å². The van der Waals surface area contributed by atoms with Crippen LogP contribution in [0.25, 0.3) is 0 Å². The van der Waals surface area contributed by atoms with Gasteiger partial charge in [0.1, 0.15) is 0 Å². The van der Waals surface area contributed by atoms with Crippen molar-refractivity contribution in [1.82, 2.24) is 0 Å². The summed E-state index contributed by atoms with van der Waals surface area (Å²) in [6.07, 6.45) is 0. The van der Waals surface area contributed by atoms with Gasteiger partial charge < -0.3 is 28.1 Å². The van der Waals surface area contributed by atoms with Gasteiger partial charge in [-0.05, 0) is 20.4 Å². The van der Waals surface area contributed by atoms with Gasteiger partial charge >= 0.3 is 7.60 Å². The zero-order chi connectivity index (χ0) is 14.8. The average molecular weight is 305 g/mol. The van der Waals surface area contributed by atoms with Gasteiger partial charge in [0.05, 0.1) is 13.2 Å². The maximum absolute atomic E-state index is 11.3. The van der Waals surface area contributed by atoms with Gasteiger partial charge in [-0.1, -0.05) is 0 Å². The van der Waals surface area contributed by atoms with Crippen molar-refractivity contribution in [3.63, 3.8) is 0 Å². The molecule has 0 aromatic carbocycles. The molecule has 0 aliphatic heterocycles. The minimum absolute atomic E-state index is 0.219.